The number of nitrogens with zero attached hydrogens (tertiary/aromatic N) is 2. The van der Waals surface area contributed by atoms with Gasteiger partial charge in [0.2, 0.25) is 0 Å². The summed E-state index contributed by atoms with van der Waals surface area (Å²) < 4.78 is 1.90. The molecule has 1 aromatic heterocycles. The van der Waals surface area contributed by atoms with Crippen LogP contribution in [0.15, 0.2) is 12.4 Å². The summed E-state index contributed by atoms with van der Waals surface area (Å²) in [6.07, 6.45) is 16.6. The number of rotatable bonds is 8. The molecule has 1 saturated carbocycles. The lowest BCUT2D eigenvalue weighted by molar-refractivity contribution is 0.310. The van der Waals surface area contributed by atoms with Crippen molar-refractivity contribution in [2.45, 2.75) is 70.8 Å². The molecule has 0 spiro atoms. The van der Waals surface area contributed by atoms with Gasteiger partial charge < -0.3 is 5.32 Å². The average Bonchev–Trinajstić information content (AvgIpc) is 2.89. The van der Waals surface area contributed by atoms with Gasteiger partial charge in [0.25, 0.3) is 0 Å². The van der Waals surface area contributed by atoms with Crippen LogP contribution in [0.5, 0.6) is 0 Å². The maximum Gasteiger partial charge on any atom is 0.0521 e. The Bertz CT molecular complexity index is 366. The molecule has 1 aliphatic carbocycles. The molecule has 0 aliphatic heterocycles. The minimum Gasteiger partial charge on any atom is -0.314 e. The average molecular weight is 277 g/mol. The van der Waals surface area contributed by atoms with E-state index in [9.17, 15) is 0 Å². The molecular formula is C17H31N3. The van der Waals surface area contributed by atoms with E-state index in [1.807, 2.05) is 17.9 Å². The van der Waals surface area contributed by atoms with Crippen LogP contribution in [0.3, 0.4) is 0 Å². The van der Waals surface area contributed by atoms with Crippen LogP contribution in [0, 0.1) is 5.92 Å². The van der Waals surface area contributed by atoms with Crippen molar-refractivity contribution in [3.05, 3.63) is 18.0 Å². The molecule has 0 amide bonds. The summed E-state index contributed by atoms with van der Waals surface area (Å²) >= 11 is 0. The van der Waals surface area contributed by atoms with Gasteiger partial charge in [0.15, 0.2) is 0 Å². The lowest BCUT2D eigenvalue weighted by atomic mass is 9.84. The van der Waals surface area contributed by atoms with Crippen LogP contribution in [0.2, 0.25) is 0 Å². The summed E-state index contributed by atoms with van der Waals surface area (Å²) in [5.74, 6) is 1.00. The molecule has 1 aromatic rings. The Hall–Kier alpha value is -0.830. The van der Waals surface area contributed by atoms with Crippen molar-refractivity contribution in [1.82, 2.24) is 15.1 Å². The van der Waals surface area contributed by atoms with Crippen molar-refractivity contribution >= 4 is 0 Å². The Labute approximate surface area is 124 Å². The molecule has 114 valence electrons. The first-order valence-electron chi connectivity index (χ1n) is 8.49. The number of aryl methyl sites for hydroxylation is 2. The molecule has 1 fully saturated rings. The fourth-order valence-electron chi connectivity index (χ4n) is 3.49. The highest BCUT2D eigenvalue weighted by Crippen LogP contribution is 2.28. The van der Waals surface area contributed by atoms with Gasteiger partial charge in [-0.3, -0.25) is 4.68 Å². The van der Waals surface area contributed by atoms with Gasteiger partial charge in [0.1, 0.15) is 0 Å². The second kappa shape index (κ2) is 8.46. The second-order valence-corrected chi connectivity index (χ2v) is 6.40. The third-order valence-electron chi connectivity index (χ3n) is 4.68. The van der Waals surface area contributed by atoms with E-state index in [0.29, 0.717) is 6.04 Å². The fraction of sp³-hybridized carbons (Fsp3) is 0.824. The van der Waals surface area contributed by atoms with E-state index in [2.05, 4.69) is 23.5 Å². The third-order valence-corrected chi connectivity index (χ3v) is 4.68. The minimum absolute atomic E-state index is 0.683. The van der Waals surface area contributed by atoms with Gasteiger partial charge in [-0.05, 0) is 43.7 Å². The summed E-state index contributed by atoms with van der Waals surface area (Å²) in [7, 11) is 1.99. The van der Waals surface area contributed by atoms with Gasteiger partial charge in [0.05, 0.1) is 6.20 Å². The smallest absolute Gasteiger partial charge is 0.0521 e. The first kappa shape index (κ1) is 15.6. The zero-order valence-electron chi connectivity index (χ0n) is 13.3. The molecule has 3 nitrogen and oxygen atoms in total. The molecule has 1 atom stereocenters. The molecular weight excluding hydrogens is 246 g/mol. The van der Waals surface area contributed by atoms with E-state index in [4.69, 9.17) is 0 Å². The highest BCUT2D eigenvalue weighted by atomic mass is 15.2. The first-order chi connectivity index (χ1) is 9.78. The Morgan fingerprint density at radius 3 is 2.75 bits per heavy atom. The topological polar surface area (TPSA) is 29.9 Å². The Kier molecular flexibility index (Phi) is 6.58. The highest BCUT2D eigenvalue weighted by molar-refractivity contribution is 5.03. The molecule has 1 heterocycles. The quantitative estimate of drug-likeness (QED) is 0.785. The van der Waals surface area contributed by atoms with Crippen LogP contribution < -0.4 is 5.32 Å². The van der Waals surface area contributed by atoms with Gasteiger partial charge in [-0.2, -0.15) is 5.10 Å². The zero-order chi connectivity index (χ0) is 14.2. The monoisotopic (exact) mass is 277 g/mol. The summed E-state index contributed by atoms with van der Waals surface area (Å²) in [6, 6.07) is 0.683. The molecule has 20 heavy (non-hydrogen) atoms. The molecule has 0 aromatic carbocycles. The fourth-order valence-corrected chi connectivity index (χ4v) is 3.49. The van der Waals surface area contributed by atoms with Crippen molar-refractivity contribution in [1.29, 1.82) is 0 Å². The maximum atomic E-state index is 4.26. The second-order valence-electron chi connectivity index (χ2n) is 6.40. The van der Waals surface area contributed by atoms with E-state index in [1.54, 1.807) is 0 Å². The summed E-state index contributed by atoms with van der Waals surface area (Å²) in [5, 5.41) is 7.93. The number of aromatic nitrogens is 2. The van der Waals surface area contributed by atoms with Crippen molar-refractivity contribution in [3.8, 4) is 0 Å². The maximum absolute atomic E-state index is 4.26. The summed E-state index contributed by atoms with van der Waals surface area (Å²) in [4.78, 5) is 0. The van der Waals surface area contributed by atoms with Crippen molar-refractivity contribution in [2.24, 2.45) is 13.0 Å². The normalized spacial score (nSPS) is 18.3. The van der Waals surface area contributed by atoms with Crippen molar-refractivity contribution < 1.29 is 0 Å². The molecule has 1 aliphatic rings. The Morgan fingerprint density at radius 1 is 1.30 bits per heavy atom. The summed E-state index contributed by atoms with van der Waals surface area (Å²) in [6.45, 7) is 3.31. The lowest BCUT2D eigenvalue weighted by Gasteiger charge is -2.24. The predicted molar refractivity (Wildman–Crippen MR) is 84.8 cm³/mol. The van der Waals surface area contributed by atoms with Gasteiger partial charge in [-0.25, -0.2) is 0 Å². The van der Waals surface area contributed by atoms with Gasteiger partial charge >= 0.3 is 0 Å². The highest BCUT2D eigenvalue weighted by Gasteiger charge is 2.16. The van der Waals surface area contributed by atoms with E-state index >= 15 is 0 Å². The minimum atomic E-state index is 0.683. The molecule has 3 heteroatoms. The molecule has 1 unspecified atom stereocenters. The van der Waals surface area contributed by atoms with Crippen molar-refractivity contribution in [2.75, 3.05) is 6.54 Å². The lowest BCUT2D eigenvalue weighted by Crippen LogP contribution is -2.30. The van der Waals surface area contributed by atoms with Crippen LogP contribution in [0.1, 0.15) is 63.9 Å². The van der Waals surface area contributed by atoms with E-state index in [1.165, 1.54) is 56.9 Å². The molecule has 2 rings (SSSR count). The van der Waals surface area contributed by atoms with Gasteiger partial charge in [-0.1, -0.05) is 39.0 Å². The molecule has 1 N–H and O–H groups in total. The Morgan fingerprint density at radius 2 is 2.10 bits per heavy atom. The predicted octanol–water partition coefficient (Wildman–Crippen LogP) is 3.69. The first-order valence-corrected chi connectivity index (χ1v) is 8.49. The zero-order valence-corrected chi connectivity index (χ0v) is 13.3. The van der Waals surface area contributed by atoms with Crippen LogP contribution in [-0.2, 0) is 13.5 Å². The van der Waals surface area contributed by atoms with E-state index < -0.39 is 0 Å². The van der Waals surface area contributed by atoms with Crippen molar-refractivity contribution in [3.63, 3.8) is 0 Å². The summed E-state index contributed by atoms with van der Waals surface area (Å²) in [5.41, 5.74) is 1.37. The van der Waals surface area contributed by atoms with Gasteiger partial charge in [-0.15, -0.1) is 0 Å². The largest absolute Gasteiger partial charge is 0.314 e. The number of nitrogens with one attached hydrogen (secondary N) is 1. The molecule has 0 bridgehead atoms. The van der Waals surface area contributed by atoms with Crippen LogP contribution >= 0.6 is 0 Å². The third kappa shape index (κ3) is 5.28. The van der Waals surface area contributed by atoms with Crippen LogP contribution in [0.4, 0.5) is 0 Å². The molecule has 0 radical (unpaired) electrons. The number of hydrogen-bond donors (Lipinski definition) is 1. The van der Waals surface area contributed by atoms with Crippen LogP contribution in [-0.4, -0.2) is 22.4 Å². The van der Waals surface area contributed by atoms with Crippen LogP contribution in [0.25, 0.3) is 0 Å². The molecule has 0 saturated heterocycles. The van der Waals surface area contributed by atoms with E-state index in [0.717, 1.165) is 18.9 Å². The standard InChI is InChI=1S/C17H31N3/c1-3-18-17(11-9-15-7-5-4-6-8-15)12-10-16-13-19-20(2)14-16/h13-15,17-18H,3-12H2,1-2H3. The SMILES string of the molecule is CCNC(CCc1cnn(C)c1)CCC1CCCCC1. The van der Waals surface area contributed by atoms with Gasteiger partial charge in [0, 0.05) is 19.3 Å². The Balaban J connectivity index is 1.71. The number of hydrogen-bond acceptors (Lipinski definition) is 2. The van der Waals surface area contributed by atoms with E-state index in [-0.39, 0.29) is 0 Å².